The molecule has 2 N–H and O–H groups in total. The van der Waals surface area contributed by atoms with Crippen LogP contribution in [0.4, 0.5) is 22.0 Å². The van der Waals surface area contributed by atoms with E-state index in [1.807, 2.05) is 0 Å². The molecule has 0 bridgehead atoms. The minimum atomic E-state index is -4.49. The van der Waals surface area contributed by atoms with Gasteiger partial charge in [-0.1, -0.05) is 12.1 Å². The van der Waals surface area contributed by atoms with Gasteiger partial charge in [-0.25, -0.2) is 8.78 Å². The quantitative estimate of drug-likeness (QED) is 0.761. The summed E-state index contributed by atoms with van der Waals surface area (Å²) in [7, 11) is 0. The lowest BCUT2D eigenvalue weighted by Crippen LogP contribution is -2.55. The van der Waals surface area contributed by atoms with Crippen LogP contribution in [0.15, 0.2) is 24.3 Å². The Hall–Kier alpha value is -1.17. The first-order chi connectivity index (χ1) is 7.62. The summed E-state index contributed by atoms with van der Waals surface area (Å²) in [4.78, 5) is 0. The lowest BCUT2D eigenvalue weighted by Gasteiger charge is -2.45. The fourth-order valence-electron chi connectivity index (χ4n) is 2.08. The highest BCUT2D eigenvalue weighted by Crippen LogP contribution is 2.50. The van der Waals surface area contributed by atoms with Gasteiger partial charge in [0.15, 0.2) is 0 Å². The summed E-state index contributed by atoms with van der Waals surface area (Å²) in [5.74, 6) is -2.87. The van der Waals surface area contributed by atoms with E-state index in [9.17, 15) is 22.0 Å². The van der Waals surface area contributed by atoms with Gasteiger partial charge < -0.3 is 5.73 Å². The molecule has 0 saturated heterocycles. The SMILES string of the molecule is NC1(c2cccc(C(F)(F)F)c2)CC(F)(F)C1. The number of benzene rings is 1. The predicted octanol–water partition coefficient (Wildman–Crippen LogP) is 3.29. The van der Waals surface area contributed by atoms with Crippen LogP contribution >= 0.6 is 0 Å². The lowest BCUT2D eigenvalue weighted by atomic mass is 9.69. The van der Waals surface area contributed by atoms with Crippen molar-refractivity contribution < 1.29 is 22.0 Å². The summed E-state index contributed by atoms with van der Waals surface area (Å²) >= 11 is 0. The number of halogens is 5. The molecule has 0 aliphatic heterocycles. The van der Waals surface area contributed by atoms with Crippen LogP contribution in [0.2, 0.25) is 0 Å². The third-order valence-corrected chi connectivity index (χ3v) is 2.91. The number of alkyl halides is 5. The Morgan fingerprint density at radius 3 is 2.18 bits per heavy atom. The van der Waals surface area contributed by atoms with E-state index < -0.39 is 36.0 Å². The molecular formula is C11H10F5N. The zero-order chi connectivity index (χ0) is 12.9. The highest BCUT2D eigenvalue weighted by atomic mass is 19.4. The van der Waals surface area contributed by atoms with E-state index in [0.29, 0.717) is 0 Å². The van der Waals surface area contributed by atoms with Crippen molar-refractivity contribution in [1.29, 1.82) is 0 Å². The normalized spacial score (nSPS) is 22.0. The second kappa shape index (κ2) is 3.41. The van der Waals surface area contributed by atoms with Crippen LogP contribution in [0.3, 0.4) is 0 Å². The molecule has 1 aromatic carbocycles. The highest BCUT2D eigenvalue weighted by Gasteiger charge is 2.55. The zero-order valence-corrected chi connectivity index (χ0v) is 8.69. The van der Waals surface area contributed by atoms with E-state index in [4.69, 9.17) is 5.73 Å². The van der Waals surface area contributed by atoms with Crippen molar-refractivity contribution >= 4 is 0 Å². The Labute approximate surface area is 94.4 Å². The van der Waals surface area contributed by atoms with Crippen molar-refractivity contribution in [3.8, 4) is 0 Å². The zero-order valence-electron chi connectivity index (χ0n) is 8.69. The molecule has 0 aromatic heterocycles. The molecule has 0 amide bonds. The summed E-state index contributed by atoms with van der Waals surface area (Å²) in [6.07, 6.45) is -5.71. The molecule has 1 aromatic rings. The van der Waals surface area contributed by atoms with Gasteiger partial charge in [-0.3, -0.25) is 0 Å². The molecule has 2 rings (SSSR count). The molecule has 0 radical (unpaired) electrons. The number of hydrogen-bond donors (Lipinski definition) is 1. The fourth-order valence-corrected chi connectivity index (χ4v) is 2.08. The van der Waals surface area contributed by atoms with E-state index >= 15 is 0 Å². The molecular weight excluding hydrogens is 241 g/mol. The van der Waals surface area contributed by atoms with Crippen molar-refractivity contribution in [3.63, 3.8) is 0 Å². The van der Waals surface area contributed by atoms with Gasteiger partial charge in [0.25, 0.3) is 5.92 Å². The summed E-state index contributed by atoms with van der Waals surface area (Å²) in [5.41, 5.74) is 3.57. The molecule has 0 heterocycles. The van der Waals surface area contributed by atoms with Crippen LogP contribution in [0.1, 0.15) is 24.0 Å². The van der Waals surface area contributed by atoms with Crippen LogP contribution in [0.25, 0.3) is 0 Å². The number of nitrogens with two attached hydrogens (primary N) is 1. The molecule has 1 fully saturated rings. The first-order valence-corrected chi connectivity index (χ1v) is 4.97. The van der Waals surface area contributed by atoms with Crippen molar-refractivity contribution in [2.45, 2.75) is 30.5 Å². The van der Waals surface area contributed by atoms with Crippen molar-refractivity contribution in [1.82, 2.24) is 0 Å². The maximum absolute atomic E-state index is 12.8. The van der Waals surface area contributed by atoms with E-state index in [-0.39, 0.29) is 5.56 Å². The van der Waals surface area contributed by atoms with Crippen LogP contribution in [0, 0.1) is 0 Å². The molecule has 0 spiro atoms. The second-order valence-electron chi connectivity index (χ2n) is 4.44. The summed E-state index contributed by atoms with van der Waals surface area (Å²) < 4.78 is 62.8. The van der Waals surface area contributed by atoms with E-state index in [0.717, 1.165) is 12.1 Å². The van der Waals surface area contributed by atoms with E-state index in [2.05, 4.69) is 0 Å². The Morgan fingerprint density at radius 1 is 1.12 bits per heavy atom. The minimum absolute atomic E-state index is 0.109. The van der Waals surface area contributed by atoms with Gasteiger partial charge in [0.1, 0.15) is 0 Å². The van der Waals surface area contributed by atoms with Crippen molar-refractivity contribution in [2.75, 3.05) is 0 Å². The van der Waals surface area contributed by atoms with Crippen LogP contribution in [-0.4, -0.2) is 5.92 Å². The molecule has 17 heavy (non-hydrogen) atoms. The predicted molar refractivity (Wildman–Crippen MR) is 51.5 cm³/mol. The smallest absolute Gasteiger partial charge is 0.321 e. The molecule has 0 atom stereocenters. The second-order valence-corrected chi connectivity index (χ2v) is 4.44. The van der Waals surface area contributed by atoms with Gasteiger partial charge in [-0.15, -0.1) is 0 Å². The fraction of sp³-hybridized carbons (Fsp3) is 0.455. The van der Waals surface area contributed by atoms with Gasteiger partial charge >= 0.3 is 6.18 Å². The van der Waals surface area contributed by atoms with Crippen molar-refractivity contribution in [3.05, 3.63) is 35.4 Å². The van der Waals surface area contributed by atoms with E-state index in [1.165, 1.54) is 12.1 Å². The Kier molecular flexibility index (Phi) is 2.47. The standard InChI is InChI=1S/C11H10F5N/c12-10(13)5-9(17,6-10)7-2-1-3-8(4-7)11(14,15)16/h1-4H,5-6,17H2. The molecule has 0 unspecified atom stereocenters. The molecule has 6 heteroatoms. The average molecular weight is 251 g/mol. The summed E-state index contributed by atoms with van der Waals surface area (Å²) in [5, 5.41) is 0. The molecule has 1 aliphatic carbocycles. The maximum Gasteiger partial charge on any atom is 0.416 e. The maximum atomic E-state index is 12.8. The molecule has 1 saturated carbocycles. The lowest BCUT2D eigenvalue weighted by molar-refractivity contribution is -0.138. The van der Waals surface area contributed by atoms with Crippen LogP contribution < -0.4 is 5.73 Å². The first kappa shape index (κ1) is 12.3. The highest BCUT2D eigenvalue weighted by molar-refractivity contribution is 5.33. The third kappa shape index (κ3) is 2.26. The monoisotopic (exact) mass is 251 g/mol. The molecule has 1 nitrogen and oxygen atoms in total. The Morgan fingerprint density at radius 2 is 1.71 bits per heavy atom. The largest absolute Gasteiger partial charge is 0.416 e. The van der Waals surface area contributed by atoms with Gasteiger partial charge in [0.2, 0.25) is 0 Å². The van der Waals surface area contributed by atoms with Gasteiger partial charge in [0, 0.05) is 12.8 Å². The summed E-state index contributed by atoms with van der Waals surface area (Å²) in [6.45, 7) is 0. The van der Waals surface area contributed by atoms with E-state index in [1.54, 1.807) is 0 Å². The third-order valence-electron chi connectivity index (χ3n) is 2.91. The van der Waals surface area contributed by atoms with Crippen LogP contribution in [-0.2, 0) is 11.7 Å². The molecule has 1 aliphatic rings. The number of hydrogen-bond acceptors (Lipinski definition) is 1. The Balaban J connectivity index is 2.30. The van der Waals surface area contributed by atoms with Crippen LogP contribution in [0.5, 0.6) is 0 Å². The molecule has 94 valence electrons. The minimum Gasteiger partial charge on any atom is -0.321 e. The number of rotatable bonds is 1. The Bertz CT molecular complexity index is 430. The van der Waals surface area contributed by atoms with Gasteiger partial charge in [0.05, 0.1) is 11.1 Å². The van der Waals surface area contributed by atoms with Gasteiger partial charge in [-0.2, -0.15) is 13.2 Å². The average Bonchev–Trinajstić information content (AvgIpc) is 2.13. The summed E-state index contributed by atoms with van der Waals surface area (Å²) in [6, 6.07) is 4.27. The topological polar surface area (TPSA) is 26.0 Å². The first-order valence-electron chi connectivity index (χ1n) is 4.97. The van der Waals surface area contributed by atoms with Crippen molar-refractivity contribution in [2.24, 2.45) is 5.73 Å². The van der Waals surface area contributed by atoms with Gasteiger partial charge in [-0.05, 0) is 17.7 Å².